The molecule has 22 saturated heterocycles. The van der Waals surface area contributed by atoms with E-state index in [0.29, 0.717) is 6.42 Å². The lowest BCUT2D eigenvalue weighted by atomic mass is 9.94. The molecule has 22 fully saturated rings. The van der Waals surface area contributed by atoms with E-state index in [4.69, 9.17) is 86.3 Å². The Labute approximate surface area is 449 Å². The summed E-state index contributed by atoms with van der Waals surface area (Å²) in [5, 5.41) is 149. The molecule has 22 rings (SSSR count). The van der Waals surface area contributed by atoms with Gasteiger partial charge in [0.2, 0.25) is 0 Å². The van der Waals surface area contributed by atoms with Crippen LogP contribution in [0.25, 0.3) is 0 Å². The summed E-state index contributed by atoms with van der Waals surface area (Å²) in [6.07, 6.45) is -59.1. The molecular formula is C45H73NO33. The molecule has 15 N–H and O–H groups in total. The van der Waals surface area contributed by atoms with E-state index in [-0.39, 0.29) is 6.42 Å². The molecule has 22 heterocycles. The number of nitrogens with two attached hydrogens (primary N) is 1. The van der Waals surface area contributed by atoms with E-state index in [2.05, 4.69) is 0 Å². The van der Waals surface area contributed by atoms with Crippen LogP contribution in [0.3, 0.4) is 0 Å². The first-order chi connectivity index (χ1) is 37.6. The van der Waals surface area contributed by atoms with Gasteiger partial charge in [0.25, 0.3) is 0 Å². The van der Waals surface area contributed by atoms with Crippen LogP contribution >= 0.6 is 0 Å². The molecule has 0 radical (unpaired) electrons. The second kappa shape index (κ2) is 28.1. The van der Waals surface area contributed by atoms with Crippen molar-refractivity contribution in [2.24, 2.45) is 5.73 Å². The molecule has 34 nitrogen and oxygen atoms in total. The van der Waals surface area contributed by atoms with Crippen molar-refractivity contribution < 1.29 is 161 Å². The summed E-state index contributed by atoms with van der Waals surface area (Å²) in [5.74, 6) is -1.61. The van der Waals surface area contributed by atoms with Crippen molar-refractivity contribution in [1.82, 2.24) is 0 Å². The summed E-state index contributed by atoms with van der Waals surface area (Å²) in [6.45, 7) is -2.12. The van der Waals surface area contributed by atoms with Crippen LogP contribution in [-0.2, 0) is 90.1 Å². The van der Waals surface area contributed by atoms with Crippen LogP contribution in [0.5, 0.6) is 0 Å². The summed E-state index contributed by atoms with van der Waals surface area (Å²) in [4.78, 5) is 36.6. The van der Waals surface area contributed by atoms with Gasteiger partial charge in [-0.05, 0) is 6.42 Å². The minimum Gasteiger partial charge on any atom is -0.463 e. The number of primary amides is 1. The lowest BCUT2D eigenvalue weighted by molar-refractivity contribution is -0.408. The first kappa shape index (κ1) is 63.7. The molecule has 22 aliphatic rings. The molecule has 22 aliphatic heterocycles. The van der Waals surface area contributed by atoms with E-state index in [9.17, 15) is 80.8 Å². The van der Waals surface area contributed by atoms with Gasteiger partial charge in [0, 0.05) is 27.6 Å². The zero-order valence-corrected chi connectivity index (χ0v) is 43.0. The second-order valence-electron chi connectivity index (χ2n) is 19.6. The Balaban J connectivity index is 1.26. The minimum absolute atomic E-state index is 0.0852. The predicted molar refractivity (Wildman–Crippen MR) is 242 cm³/mol. The van der Waals surface area contributed by atoms with Gasteiger partial charge in [-0.2, -0.15) is 0 Å². The van der Waals surface area contributed by atoms with Gasteiger partial charge in [-0.15, -0.1) is 0 Å². The third-order valence-corrected chi connectivity index (χ3v) is 14.2. The molecule has 0 saturated carbocycles. The number of aliphatic hydroxyl groups excluding tert-OH is 13. The van der Waals surface area contributed by atoms with Crippen LogP contribution in [0.1, 0.15) is 26.7 Å². The van der Waals surface area contributed by atoms with E-state index < -0.39 is 242 Å². The normalized spacial score (nSPS) is 47.9. The van der Waals surface area contributed by atoms with Crippen molar-refractivity contribution >= 4 is 18.0 Å². The first-order valence-corrected chi connectivity index (χ1v) is 25.4. The number of carbonyl (C=O) groups excluding carboxylic acids is 3. The van der Waals surface area contributed by atoms with E-state index in [1.165, 1.54) is 7.11 Å². The number of hydrogen-bond donors (Lipinski definition) is 14. The second-order valence-corrected chi connectivity index (χ2v) is 19.6. The van der Waals surface area contributed by atoms with Crippen molar-refractivity contribution in [3.8, 4) is 0 Å². The summed E-state index contributed by atoms with van der Waals surface area (Å²) >= 11 is 0. The summed E-state index contributed by atoms with van der Waals surface area (Å²) < 4.78 is 97.5. The maximum absolute atomic E-state index is 12.7. The summed E-state index contributed by atoms with van der Waals surface area (Å²) in [6, 6.07) is 0. The van der Waals surface area contributed by atoms with Gasteiger partial charge in [-0.25, -0.2) is 4.79 Å². The zero-order chi connectivity index (χ0) is 57.7. The van der Waals surface area contributed by atoms with E-state index in [1.54, 1.807) is 6.92 Å². The van der Waals surface area contributed by atoms with Crippen molar-refractivity contribution in [2.45, 2.75) is 211 Å². The number of ether oxygens (including phenoxy) is 17. The third-order valence-electron chi connectivity index (χ3n) is 14.2. The number of rotatable bonds is 13. The molecule has 0 aromatic carbocycles. The maximum atomic E-state index is 12.7. The highest BCUT2D eigenvalue weighted by Crippen LogP contribution is 2.39. The average molecular weight is 1160 g/mol. The molecule has 30 atom stereocenters. The Kier molecular flexibility index (Phi) is 22.7. The highest BCUT2D eigenvalue weighted by molar-refractivity contribution is 5.69. The molecule has 0 aromatic heterocycles. The predicted octanol–water partition coefficient (Wildman–Crippen LogP) is -9.72. The lowest BCUT2D eigenvalue weighted by Crippen LogP contribution is -2.69. The largest absolute Gasteiger partial charge is 0.463 e. The minimum atomic E-state index is -2.21. The molecule has 0 spiro atoms. The molecule has 12 bridgehead atoms. The van der Waals surface area contributed by atoms with Crippen molar-refractivity contribution in [3.05, 3.63) is 0 Å². The topological polar surface area (TPSA) is 497 Å². The van der Waals surface area contributed by atoms with E-state index in [1.807, 2.05) is 0 Å². The van der Waals surface area contributed by atoms with Crippen LogP contribution in [-0.4, -0.2) is 323 Å². The first-order valence-electron chi connectivity index (χ1n) is 25.4. The van der Waals surface area contributed by atoms with Gasteiger partial charge in [0.05, 0.1) is 19.8 Å². The number of aliphatic hydroxyl groups is 13. The average Bonchev–Trinajstić information content (AvgIpc) is 3.55. The van der Waals surface area contributed by atoms with Gasteiger partial charge in [0.1, 0.15) is 166 Å². The maximum Gasteiger partial charge on any atom is 0.404 e. The Morgan fingerprint density at radius 1 is 0.405 bits per heavy atom. The number of carbonyl (C=O) groups is 3. The van der Waals surface area contributed by atoms with Gasteiger partial charge in [-0.3, -0.25) is 9.59 Å². The third kappa shape index (κ3) is 14.2. The molecule has 456 valence electrons. The van der Waals surface area contributed by atoms with Crippen molar-refractivity contribution in [3.63, 3.8) is 0 Å². The molecule has 0 aliphatic carbocycles. The fourth-order valence-corrected chi connectivity index (χ4v) is 10.1. The van der Waals surface area contributed by atoms with Gasteiger partial charge < -0.3 is 153 Å². The fraction of sp³-hybridized carbons (Fsp3) is 0.933. The molecule has 34 heteroatoms. The molecule has 0 aromatic rings. The van der Waals surface area contributed by atoms with Crippen LogP contribution in [0.2, 0.25) is 0 Å². The molecular weight excluding hydrogens is 1080 g/mol. The summed E-state index contributed by atoms with van der Waals surface area (Å²) in [7, 11) is 2.30. The lowest BCUT2D eigenvalue weighted by Gasteiger charge is -2.51. The van der Waals surface area contributed by atoms with Crippen molar-refractivity contribution in [2.75, 3.05) is 53.9 Å². The SMILES string of the molecule is CCCC(=O)OC[C@H]1O[C@@H]2O[C@H]3[C@H](O)[C@@H](O)[C@@H](O[C@H]4[C@H](O)[C@@H](O)[C@@H](O[C@H]5O[C@H](COC)[C@@H](O[C@H]6O[C@H](COC(C)=O)[C@@H](O[C@H]7O[C@H](CO)[C@@H](O[C@H]1[C@H](O)[C@H]2O)[C@H](OC)[C@H]7O)[C@H](O)[C@H]6O)[C@H](O)[C@H]5O)O[C@@H]4COC(N)=O)O[C@@H]3CO. The monoisotopic (exact) mass is 1160 g/mol. The van der Waals surface area contributed by atoms with Crippen LogP contribution in [0.15, 0.2) is 0 Å². The standard InChI is InChI=1S/C45H73NO33/c1-5-6-20(50)66-11-18-33-22(52)27(57)40(72-18)75-32-14(7-47)68-39(26(56)21(32)51)77-36-19(12-67-45(46)62)73-43(30(60)25(36)55)79-42-29(59)24(54)34(16(70-42)9-63-3)76-41-28(58)23(53)35(17(71-41)10-65-13(2)49)78-44-31(61)38(64-4)37(74-33)15(8-48)69-44/h14-19,21-44,47-48,51-61H,5-12H2,1-4H3,(H2,46,62)/t14-,15-,16-,17-,18-,19-,21-,22-,23-,24-,25-,26-,27-,28-,29-,30-,31-,32-,33-,34-,35-,36-,37-,38-,39-,40-,41-,42-,43-,44-/m1/s1. The Morgan fingerprint density at radius 3 is 1.10 bits per heavy atom. The molecule has 1 amide bonds. The number of hydrogen-bond acceptors (Lipinski definition) is 33. The van der Waals surface area contributed by atoms with Crippen LogP contribution in [0.4, 0.5) is 4.79 Å². The Bertz CT molecular complexity index is 1950. The molecule has 0 unspecified atom stereocenters. The number of esters is 2. The van der Waals surface area contributed by atoms with Gasteiger partial charge >= 0.3 is 18.0 Å². The van der Waals surface area contributed by atoms with Crippen molar-refractivity contribution in [1.29, 1.82) is 0 Å². The number of amides is 1. The highest BCUT2D eigenvalue weighted by Gasteiger charge is 2.59. The Morgan fingerprint density at radius 2 is 0.734 bits per heavy atom. The smallest absolute Gasteiger partial charge is 0.404 e. The van der Waals surface area contributed by atoms with E-state index in [0.717, 1.165) is 14.0 Å². The molecule has 79 heavy (non-hydrogen) atoms. The fourth-order valence-electron chi connectivity index (χ4n) is 10.1. The van der Waals surface area contributed by atoms with Crippen LogP contribution < -0.4 is 5.73 Å². The van der Waals surface area contributed by atoms with Gasteiger partial charge in [0.15, 0.2) is 37.7 Å². The highest BCUT2D eigenvalue weighted by atomic mass is 16.8. The Hall–Kier alpha value is -2.87. The van der Waals surface area contributed by atoms with Gasteiger partial charge in [-0.1, -0.05) is 6.92 Å². The number of methoxy groups -OCH3 is 2. The van der Waals surface area contributed by atoms with Crippen LogP contribution in [0, 0.1) is 0 Å². The van der Waals surface area contributed by atoms with E-state index >= 15 is 0 Å². The quantitative estimate of drug-likeness (QED) is 0.0601. The summed E-state index contributed by atoms with van der Waals surface area (Å²) in [5.41, 5.74) is 5.21. The zero-order valence-electron chi connectivity index (χ0n) is 43.0.